The van der Waals surface area contributed by atoms with Crippen LogP contribution < -0.4 is 5.32 Å². The number of hydrogen-bond acceptors (Lipinski definition) is 2. The average molecular weight is 323 g/mol. The molecule has 1 N–H and O–H groups in total. The van der Waals surface area contributed by atoms with Gasteiger partial charge in [-0.15, -0.1) is 0 Å². The number of benzene rings is 1. The molecule has 104 valence electrons. The van der Waals surface area contributed by atoms with Crippen LogP contribution in [0.15, 0.2) is 24.3 Å². The van der Waals surface area contributed by atoms with Crippen molar-refractivity contribution in [2.24, 2.45) is 0 Å². The number of amides is 1. The molecule has 0 bridgehead atoms. The lowest BCUT2D eigenvalue weighted by atomic mass is 9.88. The van der Waals surface area contributed by atoms with E-state index in [1.54, 1.807) is 0 Å². The lowest BCUT2D eigenvalue weighted by Gasteiger charge is -2.26. The topological polar surface area (TPSA) is 38.3 Å². The van der Waals surface area contributed by atoms with Crippen molar-refractivity contribution in [2.75, 3.05) is 6.61 Å². The maximum absolute atomic E-state index is 11.7. The zero-order chi connectivity index (χ0) is 13.9. The van der Waals surface area contributed by atoms with Crippen LogP contribution in [0.1, 0.15) is 30.0 Å². The summed E-state index contributed by atoms with van der Waals surface area (Å²) in [5, 5.41) is 2.81. The number of fused-ring (bicyclic) bond motifs is 1. The number of carbonyl (C=O) groups is 1. The lowest BCUT2D eigenvalue weighted by Crippen LogP contribution is -2.33. The molecule has 6 heteroatoms. The number of nitrogens with one attached hydrogen (secondary N) is 1. The Bertz CT molecular complexity index is 459. The highest BCUT2D eigenvalue weighted by Crippen LogP contribution is 2.30. The molecular formula is C13H14Cl3NO2. The van der Waals surface area contributed by atoms with Crippen molar-refractivity contribution < 1.29 is 9.53 Å². The fourth-order valence-corrected chi connectivity index (χ4v) is 2.40. The van der Waals surface area contributed by atoms with Gasteiger partial charge < -0.3 is 10.1 Å². The van der Waals surface area contributed by atoms with Crippen molar-refractivity contribution in [3.63, 3.8) is 0 Å². The van der Waals surface area contributed by atoms with Gasteiger partial charge in [-0.25, -0.2) is 4.79 Å². The van der Waals surface area contributed by atoms with Gasteiger partial charge in [-0.3, -0.25) is 0 Å². The minimum Gasteiger partial charge on any atom is -0.445 e. The monoisotopic (exact) mass is 321 g/mol. The minimum atomic E-state index is -1.58. The van der Waals surface area contributed by atoms with Crippen LogP contribution in [0.2, 0.25) is 0 Å². The van der Waals surface area contributed by atoms with Crippen LogP contribution in [0.3, 0.4) is 0 Å². The van der Waals surface area contributed by atoms with Crippen LogP contribution in [0.5, 0.6) is 0 Å². The van der Waals surface area contributed by atoms with Crippen molar-refractivity contribution in [3.8, 4) is 0 Å². The molecule has 0 fully saturated rings. The average Bonchev–Trinajstić information content (AvgIpc) is 2.36. The van der Waals surface area contributed by atoms with Crippen molar-refractivity contribution in [2.45, 2.75) is 29.1 Å². The van der Waals surface area contributed by atoms with E-state index in [0.717, 1.165) is 24.8 Å². The second kappa shape index (κ2) is 6.21. The van der Waals surface area contributed by atoms with Crippen LogP contribution >= 0.6 is 34.8 Å². The third-order valence-electron chi connectivity index (χ3n) is 3.03. The molecule has 0 spiro atoms. The van der Waals surface area contributed by atoms with Gasteiger partial charge in [0.15, 0.2) is 0 Å². The molecule has 0 heterocycles. The first-order valence-electron chi connectivity index (χ1n) is 6.03. The van der Waals surface area contributed by atoms with E-state index in [1.165, 1.54) is 5.56 Å². The van der Waals surface area contributed by atoms with Gasteiger partial charge >= 0.3 is 6.09 Å². The Morgan fingerprint density at radius 3 is 2.84 bits per heavy atom. The Labute approximate surface area is 127 Å². The number of ether oxygens (including phenoxy) is 1. The summed E-state index contributed by atoms with van der Waals surface area (Å²) >= 11 is 16.6. The molecule has 2 rings (SSSR count). The van der Waals surface area contributed by atoms with Crippen molar-refractivity contribution in [3.05, 3.63) is 35.4 Å². The molecule has 1 aliphatic carbocycles. The van der Waals surface area contributed by atoms with Crippen LogP contribution in [0.4, 0.5) is 4.79 Å². The Balaban J connectivity index is 1.95. The largest absolute Gasteiger partial charge is 0.445 e. The zero-order valence-corrected chi connectivity index (χ0v) is 12.4. The second-order valence-electron chi connectivity index (χ2n) is 4.48. The summed E-state index contributed by atoms with van der Waals surface area (Å²) in [4.78, 5) is 11.7. The van der Waals surface area contributed by atoms with Gasteiger partial charge in [0.25, 0.3) is 0 Å². The van der Waals surface area contributed by atoms with E-state index in [9.17, 15) is 4.79 Å². The molecule has 1 unspecified atom stereocenters. The Morgan fingerprint density at radius 2 is 2.11 bits per heavy atom. The summed E-state index contributed by atoms with van der Waals surface area (Å²) in [5.74, 6) is 0. The molecular weight excluding hydrogens is 309 g/mol. The number of carbonyl (C=O) groups excluding carboxylic acids is 1. The standard InChI is InChI=1S/C13H14Cl3NO2/c14-13(15,16)8-19-12(18)17-11-7-3-5-9-4-1-2-6-10(9)11/h1-2,4,6,11H,3,5,7-8H2,(H,17,18). The number of rotatable bonds is 2. The summed E-state index contributed by atoms with van der Waals surface area (Å²) in [5.41, 5.74) is 2.40. The summed E-state index contributed by atoms with van der Waals surface area (Å²) in [7, 11) is 0. The van der Waals surface area contributed by atoms with Gasteiger partial charge in [-0.2, -0.15) is 0 Å². The fourth-order valence-electron chi connectivity index (χ4n) is 2.24. The van der Waals surface area contributed by atoms with Crippen LogP contribution in [-0.2, 0) is 11.2 Å². The van der Waals surface area contributed by atoms with E-state index in [-0.39, 0.29) is 12.6 Å². The Hall–Kier alpha value is -0.640. The van der Waals surface area contributed by atoms with Gasteiger partial charge in [0.05, 0.1) is 6.04 Å². The van der Waals surface area contributed by atoms with Gasteiger partial charge in [0.2, 0.25) is 3.79 Å². The number of aryl methyl sites for hydroxylation is 1. The fraction of sp³-hybridized carbons (Fsp3) is 0.462. The van der Waals surface area contributed by atoms with Gasteiger partial charge in [0.1, 0.15) is 6.61 Å². The first-order chi connectivity index (χ1) is 8.96. The summed E-state index contributed by atoms with van der Waals surface area (Å²) < 4.78 is 3.30. The smallest absolute Gasteiger partial charge is 0.407 e. The third-order valence-corrected chi connectivity index (χ3v) is 3.36. The maximum atomic E-state index is 11.7. The lowest BCUT2D eigenvalue weighted by molar-refractivity contribution is 0.143. The normalized spacial score (nSPS) is 18.6. The van der Waals surface area contributed by atoms with Gasteiger partial charge in [-0.1, -0.05) is 59.1 Å². The highest BCUT2D eigenvalue weighted by Gasteiger charge is 2.25. The summed E-state index contributed by atoms with van der Waals surface area (Å²) in [6.45, 7) is -0.266. The molecule has 0 aliphatic heterocycles. The number of halogens is 3. The first kappa shape index (κ1) is 14.8. The second-order valence-corrected chi connectivity index (χ2v) is 7.00. The molecule has 1 aromatic rings. The van der Waals surface area contributed by atoms with E-state index in [4.69, 9.17) is 39.5 Å². The predicted molar refractivity (Wildman–Crippen MR) is 76.9 cm³/mol. The maximum Gasteiger partial charge on any atom is 0.407 e. The molecule has 1 atom stereocenters. The zero-order valence-electron chi connectivity index (χ0n) is 10.2. The molecule has 19 heavy (non-hydrogen) atoms. The molecule has 0 saturated carbocycles. The van der Waals surface area contributed by atoms with Gasteiger partial charge in [0, 0.05) is 0 Å². The highest BCUT2D eigenvalue weighted by molar-refractivity contribution is 6.67. The quantitative estimate of drug-likeness (QED) is 0.830. The molecule has 0 aromatic heterocycles. The van der Waals surface area contributed by atoms with Crippen molar-refractivity contribution in [1.82, 2.24) is 5.32 Å². The number of alkyl halides is 3. The minimum absolute atomic E-state index is 0.0344. The number of alkyl carbamates (subject to hydrolysis) is 1. The van der Waals surface area contributed by atoms with Crippen molar-refractivity contribution >= 4 is 40.9 Å². The summed E-state index contributed by atoms with van der Waals surface area (Å²) in [6.07, 6.45) is 2.40. The van der Waals surface area contributed by atoms with E-state index in [1.807, 2.05) is 18.2 Å². The van der Waals surface area contributed by atoms with E-state index in [2.05, 4.69) is 11.4 Å². The highest BCUT2D eigenvalue weighted by atomic mass is 35.6. The van der Waals surface area contributed by atoms with Crippen LogP contribution in [-0.4, -0.2) is 16.5 Å². The van der Waals surface area contributed by atoms with Crippen molar-refractivity contribution in [1.29, 1.82) is 0 Å². The predicted octanol–water partition coefficient (Wildman–Crippen LogP) is 4.16. The summed E-state index contributed by atoms with van der Waals surface area (Å²) in [6, 6.07) is 8.03. The molecule has 0 saturated heterocycles. The van der Waals surface area contributed by atoms with Crippen LogP contribution in [0.25, 0.3) is 0 Å². The van der Waals surface area contributed by atoms with Gasteiger partial charge in [-0.05, 0) is 30.4 Å². The van der Waals surface area contributed by atoms with E-state index < -0.39 is 9.89 Å². The Kier molecular flexibility index (Phi) is 4.82. The molecule has 1 aliphatic rings. The van der Waals surface area contributed by atoms with Crippen LogP contribution in [0, 0.1) is 0 Å². The van der Waals surface area contributed by atoms with E-state index in [0.29, 0.717) is 0 Å². The molecule has 0 radical (unpaired) electrons. The van der Waals surface area contributed by atoms with E-state index >= 15 is 0 Å². The number of hydrogen-bond donors (Lipinski definition) is 1. The molecule has 1 amide bonds. The molecule has 3 nitrogen and oxygen atoms in total. The third kappa shape index (κ3) is 4.44. The molecule has 1 aromatic carbocycles. The SMILES string of the molecule is O=C(NC1CCCc2ccccc21)OCC(Cl)(Cl)Cl. The Morgan fingerprint density at radius 1 is 1.37 bits per heavy atom. The first-order valence-corrected chi connectivity index (χ1v) is 7.17.